The van der Waals surface area contributed by atoms with Crippen LogP contribution < -0.4 is 0 Å². The van der Waals surface area contributed by atoms with Crippen molar-refractivity contribution in [2.24, 2.45) is 9.98 Å². The zero-order chi connectivity index (χ0) is 18.0. The Morgan fingerprint density at radius 3 is 1.96 bits per heavy atom. The molecule has 0 aromatic carbocycles. The fourth-order valence-electron chi connectivity index (χ4n) is 3.10. The number of rotatable bonds is 8. The van der Waals surface area contributed by atoms with Gasteiger partial charge in [0.25, 0.3) is 0 Å². The third-order valence-corrected chi connectivity index (χ3v) is 4.96. The maximum atomic E-state index is 5.70. The molecule has 0 bridgehead atoms. The molecule has 0 aromatic heterocycles. The first-order valence-corrected chi connectivity index (χ1v) is 10.0. The van der Waals surface area contributed by atoms with Gasteiger partial charge in [0.15, 0.2) is 11.8 Å². The van der Waals surface area contributed by atoms with E-state index in [0.29, 0.717) is 12.1 Å². The summed E-state index contributed by atoms with van der Waals surface area (Å²) in [6.45, 7) is 13.8. The van der Waals surface area contributed by atoms with Gasteiger partial charge in [0.2, 0.25) is 0 Å². The molecule has 2 unspecified atom stereocenters. The molecule has 0 aliphatic carbocycles. The van der Waals surface area contributed by atoms with Crippen LogP contribution in [0.5, 0.6) is 0 Å². The van der Waals surface area contributed by atoms with Crippen LogP contribution in [-0.4, -0.2) is 36.1 Å². The largest absolute Gasteiger partial charge is 0.478 e. The van der Waals surface area contributed by atoms with Gasteiger partial charge in [-0.25, -0.2) is 9.98 Å². The van der Waals surface area contributed by atoms with Crippen LogP contribution in [0.2, 0.25) is 0 Å². The van der Waals surface area contributed by atoms with E-state index < -0.39 is 0 Å². The van der Waals surface area contributed by atoms with Crippen molar-refractivity contribution in [3.63, 3.8) is 0 Å². The van der Waals surface area contributed by atoms with E-state index in [1.165, 1.54) is 0 Å². The molecule has 0 N–H and O–H groups in total. The van der Waals surface area contributed by atoms with E-state index in [9.17, 15) is 0 Å². The normalized spacial score (nSPS) is 24.4. The van der Waals surface area contributed by atoms with Gasteiger partial charge in [-0.3, -0.25) is 0 Å². The molecule has 4 heteroatoms. The molecule has 2 heterocycles. The van der Waals surface area contributed by atoms with Gasteiger partial charge in [0.05, 0.1) is 11.6 Å². The summed E-state index contributed by atoms with van der Waals surface area (Å²) in [4.78, 5) is 9.18. The van der Waals surface area contributed by atoms with E-state index >= 15 is 0 Å². The van der Waals surface area contributed by atoms with E-state index in [4.69, 9.17) is 9.47 Å². The van der Waals surface area contributed by atoms with Crippen molar-refractivity contribution in [2.45, 2.75) is 111 Å². The van der Waals surface area contributed by atoms with Crippen molar-refractivity contribution >= 4 is 11.8 Å². The van der Waals surface area contributed by atoms with Crippen LogP contribution in [0.15, 0.2) is 9.98 Å². The Hall–Kier alpha value is -1.06. The molecule has 0 saturated heterocycles. The molecule has 2 aliphatic heterocycles. The third-order valence-electron chi connectivity index (χ3n) is 4.96. The summed E-state index contributed by atoms with van der Waals surface area (Å²) in [7, 11) is 0. The molecule has 2 aliphatic rings. The monoisotopic (exact) mass is 338 g/mol. The number of nitrogens with zero attached hydrogens (tertiary/aromatic N) is 2. The smallest absolute Gasteiger partial charge is 0.183 e. The molecule has 0 fully saturated rings. The van der Waals surface area contributed by atoms with Gasteiger partial charge in [0.1, 0.15) is 12.7 Å². The third kappa shape index (κ3) is 5.78. The van der Waals surface area contributed by atoms with E-state index in [1.807, 2.05) is 0 Å². The predicted molar refractivity (Wildman–Crippen MR) is 103 cm³/mol. The van der Waals surface area contributed by atoms with Gasteiger partial charge >= 0.3 is 0 Å². The topological polar surface area (TPSA) is 43.2 Å². The molecular weight excluding hydrogens is 300 g/mol. The molecule has 2 rings (SSSR count). The Morgan fingerprint density at radius 1 is 0.917 bits per heavy atom. The Kier molecular flexibility index (Phi) is 9.38. The maximum Gasteiger partial charge on any atom is 0.183 e. The highest BCUT2D eigenvalue weighted by Gasteiger charge is 2.32. The summed E-state index contributed by atoms with van der Waals surface area (Å²) in [5.41, 5.74) is 0.116. The quantitative estimate of drug-likeness (QED) is 0.582. The lowest BCUT2D eigenvalue weighted by atomic mass is 9.96. The zero-order valence-electron chi connectivity index (χ0n) is 16.7. The number of ether oxygens (including phenoxy) is 2. The van der Waals surface area contributed by atoms with Crippen LogP contribution in [0.3, 0.4) is 0 Å². The molecule has 0 amide bonds. The minimum absolute atomic E-state index is 0.116. The van der Waals surface area contributed by atoms with Gasteiger partial charge in [0, 0.05) is 12.8 Å². The van der Waals surface area contributed by atoms with Crippen molar-refractivity contribution in [1.82, 2.24) is 0 Å². The van der Waals surface area contributed by atoms with Gasteiger partial charge < -0.3 is 9.47 Å². The molecule has 140 valence electrons. The minimum atomic E-state index is 0.116. The number of hydrogen-bond acceptors (Lipinski definition) is 4. The van der Waals surface area contributed by atoms with E-state index in [0.717, 1.165) is 69.8 Å². The summed E-state index contributed by atoms with van der Waals surface area (Å²) in [5.74, 6) is 1.96. The molecule has 2 atom stereocenters. The number of hydrogen-bond donors (Lipinski definition) is 0. The highest BCUT2D eigenvalue weighted by molar-refractivity contribution is 5.78. The van der Waals surface area contributed by atoms with Crippen molar-refractivity contribution in [2.75, 3.05) is 6.61 Å². The van der Waals surface area contributed by atoms with Crippen molar-refractivity contribution in [3.05, 3.63) is 0 Å². The van der Waals surface area contributed by atoms with E-state index in [1.54, 1.807) is 0 Å². The average Bonchev–Trinajstić information content (AvgIpc) is 3.20. The second-order valence-corrected chi connectivity index (χ2v) is 6.79. The van der Waals surface area contributed by atoms with Gasteiger partial charge in [-0.2, -0.15) is 0 Å². The minimum Gasteiger partial charge on any atom is -0.478 e. The lowest BCUT2D eigenvalue weighted by Crippen LogP contribution is -2.25. The van der Waals surface area contributed by atoms with Crippen LogP contribution in [0.25, 0.3) is 0 Å². The predicted octanol–water partition coefficient (Wildman–Crippen LogP) is 5.55. The van der Waals surface area contributed by atoms with Gasteiger partial charge in [-0.1, -0.05) is 41.5 Å². The summed E-state index contributed by atoms with van der Waals surface area (Å²) >= 11 is 0. The van der Waals surface area contributed by atoms with Crippen molar-refractivity contribution < 1.29 is 9.47 Å². The second kappa shape index (κ2) is 10.7. The Morgan fingerprint density at radius 2 is 1.54 bits per heavy atom. The first kappa shape index (κ1) is 21.0. The fourth-order valence-corrected chi connectivity index (χ4v) is 3.10. The van der Waals surface area contributed by atoms with E-state index in [-0.39, 0.29) is 5.54 Å². The van der Waals surface area contributed by atoms with Crippen LogP contribution in [-0.2, 0) is 9.47 Å². The van der Waals surface area contributed by atoms with Crippen LogP contribution in [0, 0.1) is 0 Å². The lowest BCUT2D eigenvalue weighted by Gasteiger charge is -2.18. The van der Waals surface area contributed by atoms with Gasteiger partial charge in [-0.15, -0.1) is 0 Å². The molecule has 0 aromatic rings. The highest BCUT2D eigenvalue weighted by atomic mass is 16.5. The molecule has 0 saturated carbocycles. The van der Waals surface area contributed by atoms with Crippen LogP contribution in [0.1, 0.15) is 92.9 Å². The standard InChI is InChI=1S/2C10H19NO/c1-4-7-9-11-10(5-2,6-3)8-12-9;1-4-7-10-11-8(5-2)9(6-3)12-10/h4-8H2,1-3H3;8-9H,4-7H2,1-3H3. The summed E-state index contributed by atoms with van der Waals surface area (Å²) < 4.78 is 11.2. The molecule has 24 heavy (non-hydrogen) atoms. The van der Waals surface area contributed by atoms with E-state index in [2.05, 4.69) is 51.5 Å². The summed E-state index contributed by atoms with van der Waals surface area (Å²) in [6.07, 6.45) is 8.99. The highest BCUT2D eigenvalue weighted by Crippen LogP contribution is 2.27. The SMILES string of the molecule is CCCC1=NC(CC)(CC)CO1.CCCC1=NC(CC)C(CC)O1. The van der Waals surface area contributed by atoms with Crippen molar-refractivity contribution in [1.29, 1.82) is 0 Å². The lowest BCUT2D eigenvalue weighted by molar-refractivity contribution is 0.181. The van der Waals surface area contributed by atoms with Crippen molar-refractivity contribution in [3.8, 4) is 0 Å². The van der Waals surface area contributed by atoms with Crippen LogP contribution in [0.4, 0.5) is 0 Å². The maximum absolute atomic E-state index is 5.70. The van der Waals surface area contributed by atoms with Crippen LogP contribution >= 0.6 is 0 Å². The molecular formula is C20H38N2O2. The summed E-state index contributed by atoms with van der Waals surface area (Å²) in [6, 6.07) is 0.427. The first-order chi connectivity index (χ1) is 11.6. The Bertz CT molecular complexity index is 414. The fraction of sp³-hybridized carbons (Fsp3) is 0.900. The Labute approximate surface area is 149 Å². The molecule has 0 radical (unpaired) electrons. The number of aliphatic imine (C=N–C) groups is 2. The van der Waals surface area contributed by atoms with Gasteiger partial charge in [-0.05, 0) is 38.5 Å². The second-order valence-electron chi connectivity index (χ2n) is 6.79. The molecule has 0 spiro atoms. The summed E-state index contributed by atoms with van der Waals surface area (Å²) in [5, 5.41) is 0. The molecule has 4 nitrogen and oxygen atoms in total. The average molecular weight is 339 g/mol. The first-order valence-electron chi connectivity index (χ1n) is 10.0. The Balaban J connectivity index is 0.000000240. The zero-order valence-corrected chi connectivity index (χ0v) is 16.7.